The van der Waals surface area contributed by atoms with Gasteiger partial charge in [-0.05, 0) is 55.5 Å². The van der Waals surface area contributed by atoms with E-state index in [9.17, 15) is 9.90 Å². The summed E-state index contributed by atoms with van der Waals surface area (Å²) in [6.45, 7) is 7.51. The summed E-state index contributed by atoms with van der Waals surface area (Å²) in [5, 5.41) is 18.4. The Bertz CT molecular complexity index is 382. The lowest BCUT2D eigenvalue weighted by Crippen LogP contribution is -2.14. The molecule has 0 aliphatic carbocycles. The molecule has 0 radical (unpaired) electrons. The summed E-state index contributed by atoms with van der Waals surface area (Å²) in [6.07, 6.45) is -1.43. The molecule has 15 heavy (non-hydrogen) atoms. The van der Waals surface area contributed by atoms with Crippen molar-refractivity contribution in [3.8, 4) is 0 Å². The zero-order chi connectivity index (χ0) is 11.7. The molecular formula is C12H16O3. The van der Waals surface area contributed by atoms with Crippen molar-refractivity contribution in [2.75, 3.05) is 0 Å². The van der Waals surface area contributed by atoms with Gasteiger partial charge in [0.1, 0.15) is 0 Å². The molecule has 1 unspecified atom stereocenters. The predicted molar refractivity (Wildman–Crippen MR) is 58.0 cm³/mol. The maximum Gasteiger partial charge on any atom is 0.337 e. The van der Waals surface area contributed by atoms with Crippen LogP contribution in [0.5, 0.6) is 0 Å². The van der Waals surface area contributed by atoms with E-state index >= 15 is 0 Å². The minimum atomic E-state index is -1.43. The number of aryl methyl sites for hydroxylation is 2. The Balaban J connectivity index is 3.45. The molecule has 0 saturated carbocycles. The lowest BCUT2D eigenvalue weighted by atomic mass is 9.91. The SMILES string of the molecule is Cc1cc(C)c(C)c(C(O)C(=O)O)c1C. The third kappa shape index (κ3) is 2.02. The molecular weight excluding hydrogens is 192 g/mol. The van der Waals surface area contributed by atoms with Crippen LogP contribution in [0.3, 0.4) is 0 Å². The molecule has 82 valence electrons. The number of carbonyl (C=O) groups is 1. The van der Waals surface area contributed by atoms with E-state index in [1.165, 1.54) is 0 Å². The summed E-state index contributed by atoms with van der Waals surface area (Å²) < 4.78 is 0. The first-order valence-corrected chi connectivity index (χ1v) is 4.84. The van der Waals surface area contributed by atoms with Gasteiger partial charge >= 0.3 is 5.97 Å². The minimum absolute atomic E-state index is 0.528. The van der Waals surface area contributed by atoms with Gasteiger partial charge in [0.2, 0.25) is 0 Å². The summed E-state index contributed by atoms with van der Waals surface area (Å²) in [4.78, 5) is 10.8. The van der Waals surface area contributed by atoms with Crippen LogP contribution < -0.4 is 0 Å². The largest absolute Gasteiger partial charge is 0.479 e. The molecule has 3 heteroatoms. The molecule has 3 nitrogen and oxygen atoms in total. The van der Waals surface area contributed by atoms with Crippen LogP contribution in [0.2, 0.25) is 0 Å². The van der Waals surface area contributed by atoms with Gasteiger partial charge in [0.15, 0.2) is 6.10 Å². The molecule has 0 aliphatic heterocycles. The zero-order valence-corrected chi connectivity index (χ0v) is 9.46. The van der Waals surface area contributed by atoms with Crippen LogP contribution in [-0.2, 0) is 4.79 Å². The fraction of sp³-hybridized carbons (Fsp3) is 0.417. The molecule has 1 aromatic rings. The number of rotatable bonds is 2. The van der Waals surface area contributed by atoms with E-state index in [-0.39, 0.29) is 0 Å². The number of aliphatic hydroxyl groups excluding tert-OH is 1. The van der Waals surface area contributed by atoms with Crippen LogP contribution in [0, 0.1) is 27.7 Å². The Labute approximate surface area is 89.4 Å². The maximum absolute atomic E-state index is 10.8. The molecule has 1 aromatic carbocycles. The van der Waals surface area contributed by atoms with Gasteiger partial charge in [-0.2, -0.15) is 0 Å². The van der Waals surface area contributed by atoms with Gasteiger partial charge in [0.05, 0.1) is 0 Å². The zero-order valence-electron chi connectivity index (χ0n) is 9.46. The Morgan fingerprint density at radius 1 is 1.13 bits per heavy atom. The van der Waals surface area contributed by atoms with Crippen molar-refractivity contribution in [1.29, 1.82) is 0 Å². The number of carboxylic acid groups (broad SMARTS) is 1. The number of benzene rings is 1. The van der Waals surface area contributed by atoms with Gasteiger partial charge in [0, 0.05) is 0 Å². The normalized spacial score (nSPS) is 12.6. The minimum Gasteiger partial charge on any atom is -0.479 e. The summed E-state index contributed by atoms with van der Waals surface area (Å²) in [5.41, 5.74) is 4.25. The molecule has 0 aromatic heterocycles. The second kappa shape index (κ2) is 4.03. The van der Waals surface area contributed by atoms with Gasteiger partial charge in [-0.3, -0.25) is 0 Å². The van der Waals surface area contributed by atoms with Gasteiger partial charge in [-0.15, -0.1) is 0 Å². The van der Waals surface area contributed by atoms with Crippen LogP contribution in [-0.4, -0.2) is 16.2 Å². The second-order valence-corrected chi connectivity index (χ2v) is 3.91. The molecule has 0 heterocycles. The molecule has 0 amide bonds. The topological polar surface area (TPSA) is 57.5 Å². The Morgan fingerprint density at radius 2 is 1.53 bits per heavy atom. The van der Waals surface area contributed by atoms with E-state index in [2.05, 4.69) is 0 Å². The van der Waals surface area contributed by atoms with Gasteiger partial charge in [-0.1, -0.05) is 6.07 Å². The highest BCUT2D eigenvalue weighted by Gasteiger charge is 2.21. The number of aliphatic hydroxyl groups is 1. The summed E-state index contributed by atoms with van der Waals surface area (Å²) in [6, 6.07) is 2.00. The highest BCUT2D eigenvalue weighted by Crippen LogP contribution is 2.27. The third-order valence-electron chi connectivity index (χ3n) is 2.93. The molecule has 0 aliphatic rings. The van der Waals surface area contributed by atoms with Crippen molar-refractivity contribution >= 4 is 5.97 Å². The molecule has 0 bridgehead atoms. The van der Waals surface area contributed by atoms with Crippen LogP contribution in [0.4, 0.5) is 0 Å². The molecule has 1 atom stereocenters. The highest BCUT2D eigenvalue weighted by atomic mass is 16.4. The van der Waals surface area contributed by atoms with Crippen molar-refractivity contribution in [2.45, 2.75) is 33.8 Å². The van der Waals surface area contributed by atoms with E-state index < -0.39 is 12.1 Å². The second-order valence-electron chi connectivity index (χ2n) is 3.91. The Morgan fingerprint density at radius 3 is 1.87 bits per heavy atom. The van der Waals surface area contributed by atoms with E-state index in [0.29, 0.717) is 5.56 Å². The molecule has 0 saturated heterocycles. The monoisotopic (exact) mass is 208 g/mol. The van der Waals surface area contributed by atoms with Crippen molar-refractivity contribution in [2.24, 2.45) is 0 Å². The van der Waals surface area contributed by atoms with Crippen LogP contribution in [0.25, 0.3) is 0 Å². The lowest BCUT2D eigenvalue weighted by molar-refractivity contribution is -0.147. The van der Waals surface area contributed by atoms with E-state index in [0.717, 1.165) is 22.3 Å². The number of aliphatic carboxylic acids is 1. The average molecular weight is 208 g/mol. The quantitative estimate of drug-likeness (QED) is 0.782. The first-order chi connectivity index (χ1) is 6.86. The molecule has 1 rings (SSSR count). The standard InChI is InChI=1S/C12H16O3/c1-6-5-7(2)9(4)10(8(6)3)11(13)12(14)15/h5,11,13H,1-4H3,(H,14,15). The lowest BCUT2D eigenvalue weighted by Gasteiger charge is -2.17. The number of hydrogen-bond donors (Lipinski definition) is 2. The van der Waals surface area contributed by atoms with Crippen molar-refractivity contribution in [3.05, 3.63) is 33.9 Å². The first-order valence-electron chi connectivity index (χ1n) is 4.84. The van der Waals surface area contributed by atoms with Gasteiger partial charge in [-0.25, -0.2) is 4.79 Å². The van der Waals surface area contributed by atoms with Gasteiger partial charge < -0.3 is 10.2 Å². The highest BCUT2D eigenvalue weighted by molar-refractivity contribution is 5.75. The van der Waals surface area contributed by atoms with E-state index in [1.54, 1.807) is 0 Å². The van der Waals surface area contributed by atoms with E-state index in [1.807, 2.05) is 33.8 Å². The van der Waals surface area contributed by atoms with E-state index in [4.69, 9.17) is 5.11 Å². The first kappa shape index (κ1) is 11.7. The number of hydrogen-bond acceptors (Lipinski definition) is 2. The Kier molecular flexibility index (Phi) is 3.15. The maximum atomic E-state index is 10.8. The Hall–Kier alpha value is -1.35. The summed E-state index contributed by atoms with van der Waals surface area (Å²) >= 11 is 0. The molecule has 0 spiro atoms. The molecule has 2 N–H and O–H groups in total. The fourth-order valence-corrected chi connectivity index (χ4v) is 1.78. The fourth-order valence-electron chi connectivity index (χ4n) is 1.78. The smallest absolute Gasteiger partial charge is 0.337 e. The molecule has 0 fully saturated rings. The van der Waals surface area contributed by atoms with Crippen LogP contribution in [0.15, 0.2) is 6.07 Å². The average Bonchev–Trinajstić information content (AvgIpc) is 2.15. The number of carboxylic acids is 1. The third-order valence-corrected chi connectivity index (χ3v) is 2.93. The van der Waals surface area contributed by atoms with Crippen LogP contribution in [0.1, 0.15) is 33.9 Å². The summed E-state index contributed by atoms with van der Waals surface area (Å²) in [7, 11) is 0. The van der Waals surface area contributed by atoms with Crippen LogP contribution >= 0.6 is 0 Å². The predicted octanol–water partition coefficient (Wildman–Crippen LogP) is 2.04. The van der Waals surface area contributed by atoms with Crippen molar-refractivity contribution in [3.63, 3.8) is 0 Å². The van der Waals surface area contributed by atoms with Crippen molar-refractivity contribution < 1.29 is 15.0 Å². The summed E-state index contributed by atoms with van der Waals surface area (Å²) in [5.74, 6) is -1.20. The van der Waals surface area contributed by atoms with Gasteiger partial charge in [0.25, 0.3) is 0 Å². The van der Waals surface area contributed by atoms with Crippen molar-refractivity contribution in [1.82, 2.24) is 0 Å².